The van der Waals surface area contributed by atoms with E-state index in [9.17, 15) is 19.2 Å². The lowest BCUT2D eigenvalue weighted by molar-refractivity contribution is -0.134. The number of aryl methyl sites for hydroxylation is 2. The Kier molecular flexibility index (Phi) is 4.80. The van der Waals surface area contributed by atoms with Gasteiger partial charge in [-0.2, -0.15) is 0 Å². The van der Waals surface area contributed by atoms with Crippen molar-refractivity contribution in [1.29, 1.82) is 0 Å². The molecule has 1 aliphatic heterocycles. The van der Waals surface area contributed by atoms with Gasteiger partial charge < -0.3 is 10.6 Å². The van der Waals surface area contributed by atoms with E-state index in [4.69, 9.17) is 0 Å². The Bertz CT molecular complexity index is 1060. The van der Waals surface area contributed by atoms with Crippen molar-refractivity contribution < 1.29 is 19.2 Å². The van der Waals surface area contributed by atoms with Gasteiger partial charge in [0.05, 0.1) is 0 Å². The number of urea groups is 2. The first kappa shape index (κ1) is 21.6. The molecule has 1 saturated heterocycles. The van der Waals surface area contributed by atoms with E-state index < -0.39 is 36.0 Å². The van der Waals surface area contributed by atoms with Crippen LogP contribution in [0.5, 0.6) is 0 Å². The first-order chi connectivity index (χ1) is 16.2. The molecular weight excluding hydrogens is 432 g/mol. The lowest BCUT2D eigenvalue weighted by atomic mass is 9.53. The van der Waals surface area contributed by atoms with E-state index in [1.54, 1.807) is 6.92 Å². The van der Waals surface area contributed by atoms with Gasteiger partial charge in [0.1, 0.15) is 12.1 Å². The summed E-state index contributed by atoms with van der Waals surface area (Å²) >= 11 is 0. The van der Waals surface area contributed by atoms with E-state index in [1.165, 1.54) is 30.4 Å². The van der Waals surface area contributed by atoms with Gasteiger partial charge in [0, 0.05) is 5.54 Å². The summed E-state index contributed by atoms with van der Waals surface area (Å²) in [5.41, 5.74) is 1.76. The molecule has 0 spiro atoms. The van der Waals surface area contributed by atoms with E-state index >= 15 is 0 Å². The lowest BCUT2D eigenvalue weighted by Crippen LogP contribution is -2.62. The number of hydrogen-bond donors (Lipinski definition) is 3. The number of nitrogens with one attached hydrogen (secondary N) is 3. The van der Waals surface area contributed by atoms with E-state index in [0.717, 1.165) is 43.4 Å². The second-order valence-corrected chi connectivity index (χ2v) is 11.5. The molecule has 1 heterocycles. The maximum absolute atomic E-state index is 13.2. The quantitative estimate of drug-likeness (QED) is 0.596. The van der Waals surface area contributed by atoms with Crippen molar-refractivity contribution in [2.45, 2.75) is 75.8 Å². The van der Waals surface area contributed by atoms with Crippen molar-refractivity contribution in [3.05, 3.63) is 34.9 Å². The first-order valence-corrected chi connectivity index (χ1v) is 12.6. The third-order valence-electron chi connectivity index (χ3n) is 8.92. The van der Waals surface area contributed by atoms with Crippen LogP contribution < -0.4 is 16.0 Å². The molecule has 6 aliphatic rings. The topological polar surface area (TPSA) is 108 Å². The van der Waals surface area contributed by atoms with Gasteiger partial charge >= 0.3 is 12.1 Å². The molecule has 1 aromatic rings. The summed E-state index contributed by atoms with van der Waals surface area (Å²) < 4.78 is 0. The second kappa shape index (κ2) is 7.55. The Balaban J connectivity index is 1.10. The van der Waals surface area contributed by atoms with Crippen LogP contribution in [0.2, 0.25) is 0 Å². The monoisotopic (exact) mass is 464 g/mol. The maximum Gasteiger partial charge on any atom is 0.325 e. The number of carbonyl (C=O) groups excluding carboxylic acids is 4. The molecule has 1 unspecified atom stereocenters. The molecule has 4 saturated carbocycles. The predicted octanol–water partition coefficient (Wildman–Crippen LogP) is 2.74. The van der Waals surface area contributed by atoms with Gasteiger partial charge in [-0.05, 0) is 99.2 Å². The normalized spacial score (nSPS) is 35.3. The van der Waals surface area contributed by atoms with Gasteiger partial charge in [-0.3, -0.25) is 19.8 Å². The predicted molar refractivity (Wildman–Crippen MR) is 124 cm³/mol. The maximum atomic E-state index is 13.2. The molecule has 8 heteroatoms. The van der Waals surface area contributed by atoms with Crippen LogP contribution in [0.4, 0.5) is 9.59 Å². The molecule has 0 aromatic heterocycles. The van der Waals surface area contributed by atoms with Crippen LogP contribution in [-0.2, 0) is 28.0 Å². The first-order valence-electron chi connectivity index (χ1n) is 12.6. The highest BCUT2D eigenvalue weighted by molar-refractivity contribution is 6.10. The summed E-state index contributed by atoms with van der Waals surface area (Å²) in [4.78, 5) is 52.1. The third-order valence-corrected chi connectivity index (χ3v) is 8.92. The number of nitrogens with zero attached hydrogens (tertiary/aromatic N) is 1. The molecule has 34 heavy (non-hydrogen) atoms. The lowest BCUT2D eigenvalue weighted by Gasteiger charge is -2.56. The Morgan fingerprint density at radius 2 is 1.68 bits per heavy atom. The largest absolute Gasteiger partial charge is 0.332 e. The Morgan fingerprint density at radius 1 is 1.03 bits per heavy atom. The molecule has 5 fully saturated rings. The molecule has 1 aromatic carbocycles. The minimum absolute atomic E-state index is 0.216. The molecule has 1 atom stereocenters. The molecule has 6 amide bonds. The van der Waals surface area contributed by atoms with Gasteiger partial charge in [-0.15, -0.1) is 0 Å². The minimum atomic E-state index is -1.23. The van der Waals surface area contributed by atoms with Crippen LogP contribution in [0.15, 0.2) is 18.2 Å². The fourth-order valence-electron chi connectivity index (χ4n) is 7.76. The van der Waals surface area contributed by atoms with Crippen LogP contribution in [0.3, 0.4) is 0 Å². The third kappa shape index (κ3) is 3.49. The van der Waals surface area contributed by atoms with Crippen LogP contribution in [0.25, 0.3) is 0 Å². The summed E-state index contributed by atoms with van der Waals surface area (Å²) in [6, 6.07) is 4.74. The summed E-state index contributed by atoms with van der Waals surface area (Å²) in [5.74, 6) is 0.871. The number of hydrogen-bond acceptors (Lipinski definition) is 4. The molecule has 0 radical (unpaired) electrons. The summed E-state index contributed by atoms with van der Waals surface area (Å²) in [6.07, 6.45) is 9.81. The van der Waals surface area contributed by atoms with E-state index in [1.807, 2.05) is 18.2 Å². The molecule has 4 bridgehead atoms. The molecule has 5 aliphatic carbocycles. The number of benzene rings is 1. The standard InChI is InChI=1S/C26H32N4O4/c1-25(20-6-5-18-3-2-4-19(18)10-20)22(32)30(24(34)29-25)14-21(31)27-23(33)28-26-11-15-7-16(12-26)9-17(8-15)13-26/h5-6,10,15-17H,2-4,7-9,11-14H2,1H3,(H,29,34)(H2,27,28,31,33). The zero-order chi connectivity index (χ0) is 23.7. The van der Waals surface area contributed by atoms with Crippen molar-refractivity contribution in [2.24, 2.45) is 17.8 Å². The number of amides is 6. The molecule has 3 N–H and O–H groups in total. The van der Waals surface area contributed by atoms with Gasteiger partial charge in [-0.1, -0.05) is 18.2 Å². The number of imide groups is 2. The van der Waals surface area contributed by atoms with E-state index in [2.05, 4.69) is 16.0 Å². The number of carbonyl (C=O) groups is 4. The molecule has 7 rings (SSSR count). The molecule has 180 valence electrons. The Hall–Kier alpha value is -2.90. The number of rotatable bonds is 4. The smallest absolute Gasteiger partial charge is 0.325 e. The Morgan fingerprint density at radius 3 is 2.35 bits per heavy atom. The summed E-state index contributed by atoms with van der Waals surface area (Å²) in [6.45, 7) is 1.18. The fraction of sp³-hybridized carbons (Fsp3) is 0.615. The zero-order valence-electron chi connectivity index (χ0n) is 19.6. The van der Waals surface area contributed by atoms with E-state index in [0.29, 0.717) is 23.3 Å². The number of fused-ring (bicyclic) bond motifs is 1. The average molecular weight is 465 g/mol. The van der Waals surface area contributed by atoms with Gasteiger partial charge in [-0.25, -0.2) is 9.59 Å². The zero-order valence-corrected chi connectivity index (χ0v) is 19.6. The van der Waals surface area contributed by atoms with Crippen molar-refractivity contribution in [3.63, 3.8) is 0 Å². The Labute approximate surface area is 199 Å². The molecular formula is C26H32N4O4. The summed E-state index contributed by atoms with van der Waals surface area (Å²) in [7, 11) is 0. The van der Waals surface area contributed by atoms with Crippen LogP contribution in [-0.4, -0.2) is 40.9 Å². The highest BCUT2D eigenvalue weighted by atomic mass is 16.2. The van der Waals surface area contributed by atoms with Crippen molar-refractivity contribution >= 4 is 23.9 Å². The van der Waals surface area contributed by atoms with Crippen LogP contribution >= 0.6 is 0 Å². The molecule has 8 nitrogen and oxygen atoms in total. The highest BCUT2D eigenvalue weighted by Gasteiger charge is 2.52. The van der Waals surface area contributed by atoms with Crippen LogP contribution in [0, 0.1) is 17.8 Å². The second-order valence-electron chi connectivity index (χ2n) is 11.5. The van der Waals surface area contributed by atoms with Gasteiger partial charge in [0.15, 0.2) is 0 Å². The SMILES string of the molecule is CC1(c2ccc3c(c2)CCC3)NC(=O)N(CC(=O)NC(=O)NC23CC4CC(CC(C4)C2)C3)C1=O. The van der Waals surface area contributed by atoms with E-state index in [-0.39, 0.29) is 5.54 Å². The summed E-state index contributed by atoms with van der Waals surface area (Å²) in [5, 5.41) is 8.21. The average Bonchev–Trinajstić information content (AvgIpc) is 3.30. The van der Waals surface area contributed by atoms with Gasteiger partial charge in [0.2, 0.25) is 5.91 Å². The van der Waals surface area contributed by atoms with Gasteiger partial charge in [0.25, 0.3) is 5.91 Å². The van der Waals surface area contributed by atoms with Crippen molar-refractivity contribution in [3.8, 4) is 0 Å². The fourth-order valence-corrected chi connectivity index (χ4v) is 7.76. The van der Waals surface area contributed by atoms with Crippen LogP contribution in [0.1, 0.15) is 68.6 Å². The van der Waals surface area contributed by atoms with Crippen molar-refractivity contribution in [1.82, 2.24) is 20.9 Å². The van der Waals surface area contributed by atoms with Crippen molar-refractivity contribution in [2.75, 3.05) is 6.54 Å². The highest BCUT2D eigenvalue weighted by Crippen LogP contribution is 2.55. The minimum Gasteiger partial charge on any atom is -0.332 e.